The van der Waals surface area contributed by atoms with Crippen molar-refractivity contribution in [3.63, 3.8) is 0 Å². The maximum Gasteiger partial charge on any atom is 0.522 e. The maximum absolute atomic E-state index is 11.6. The average molecular weight is 230 g/mol. The first-order chi connectivity index (χ1) is 6.85. The van der Waals surface area contributed by atoms with Gasteiger partial charge in [-0.25, -0.2) is 0 Å². The topological polar surface area (TPSA) is 47.7 Å². The number of likely N-dealkylation sites (N-methyl/N-ethyl adjacent to an activating group) is 1. The third kappa shape index (κ3) is 9.92. The van der Waals surface area contributed by atoms with E-state index in [4.69, 9.17) is 10.5 Å². The Bertz CT molecular complexity index is 166. The van der Waals surface area contributed by atoms with Crippen molar-refractivity contribution in [3.05, 3.63) is 0 Å². The number of methoxy groups -OCH3 is 1. The monoisotopic (exact) mass is 230 g/mol. The van der Waals surface area contributed by atoms with Crippen LogP contribution in [-0.4, -0.2) is 57.8 Å². The average Bonchev–Trinajstić information content (AvgIpc) is 2.01. The molecule has 0 aliphatic rings. The van der Waals surface area contributed by atoms with Crippen LogP contribution in [0.3, 0.4) is 0 Å². The summed E-state index contributed by atoms with van der Waals surface area (Å²) in [5, 5.41) is 0. The van der Waals surface area contributed by atoms with Crippen molar-refractivity contribution in [2.24, 2.45) is 5.73 Å². The molecule has 0 saturated heterocycles. The summed E-state index contributed by atoms with van der Waals surface area (Å²) in [6.07, 6.45) is -4.56. The molecule has 0 radical (unpaired) electrons. The number of alkyl halides is 3. The maximum atomic E-state index is 11.6. The van der Waals surface area contributed by atoms with Crippen LogP contribution < -0.4 is 5.73 Å². The van der Waals surface area contributed by atoms with E-state index in [0.717, 1.165) is 0 Å². The minimum absolute atomic E-state index is 0.178. The van der Waals surface area contributed by atoms with Crippen LogP contribution in [0.1, 0.15) is 0 Å². The van der Waals surface area contributed by atoms with Gasteiger partial charge in [0.25, 0.3) is 0 Å². The molecule has 2 N–H and O–H groups in total. The molecule has 0 amide bonds. The van der Waals surface area contributed by atoms with E-state index in [2.05, 4.69) is 4.74 Å². The first-order valence-electron chi connectivity index (χ1n) is 4.49. The summed E-state index contributed by atoms with van der Waals surface area (Å²) in [7, 11) is 3.20. The molecule has 0 aromatic heterocycles. The molecule has 0 aliphatic carbocycles. The molecule has 1 atom stereocenters. The van der Waals surface area contributed by atoms with Crippen molar-refractivity contribution in [1.82, 2.24) is 4.90 Å². The van der Waals surface area contributed by atoms with Gasteiger partial charge >= 0.3 is 6.36 Å². The van der Waals surface area contributed by atoms with Crippen molar-refractivity contribution in [1.29, 1.82) is 0 Å². The summed E-state index contributed by atoms with van der Waals surface area (Å²) >= 11 is 0. The number of rotatable bonds is 7. The van der Waals surface area contributed by atoms with E-state index >= 15 is 0 Å². The molecule has 4 nitrogen and oxygen atoms in total. The molecule has 1 unspecified atom stereocenters. The molecule has 15 heavy (non-hydrogen) atoms. The Morgan fingerprint density at radius 2 is 2.00 bits per heavy atom. The van der Waals surface area contributed by atoms with E-state index in [1.165, 1.54) is 7.11 Å². The molecule has 0 saturated carbocycles. The Morgan fingerprint density at radius 1 is 1.40 bits per heavy atom. The van der Waals surface area contributed by atoms with E-state index in [9.17, 15) is 13.2 Å². The quantitative estimate of drug-likeness (QED) is 0.689. The molecule has 0 aromatic rings. The second kappa shape index (κ2) is 7.00. The summed E-state index contributed by atoms with van der Waals surface area (Å²) in [5.41, 5.74) is 5.61. The largest absolute Gasteiger partial charge is 0.522 e. The number of hydrogen-bond donors (Lipinski definition) is 1. The second-order valence-electron chi connectivity index (χ2n) is 3.27. The lowest BCUT2D eigenvalue weighted by molar-refractivity contribution is -0.324. The summed E-state index contributed by atoms with van der Waals surface area (Å²) < 4.78 is 43.2. The lowest BCUT2D eigenvalue weighted by Crippen LogP contribution is -2.40. The zero-order chi connectivity index (χ0) is 11.9. The molecule has 92 valence electrons. The molecule has 0 spiro atoms. The zero-order valence-electron chi connectivity index (χ0n) is 8.88. The molecule has 0 aromatic carbocycles. The van der Waals surface area contributed by atoms with E-state index in [0.29, 0.717) is 13.2 Å². The van der Waals surface area contributed by atoms with Crippen molar-refractivity contribution in [3.8, 4) is 0 Å². The molecule has 0 aliphatic heterocycles. The smallest absolute Gasteiger partial charge is 0.383 e. The number of nitrogens with two attached hydrogens (primary N) is 1. The van der Waals surface area contributed by atoms with Crippen LogP contribution >= 0.6 is 0 Å². The first kappa shape index (κ1) is 14.6. The SMILES string of the molecule is COCC(N)CN(C)CCOC(F)(F)F. The van der Waals surface area contributed by atoms with Crippen LogP contribution in [0.5, 0.6) is 0 Å². The van der Waals surface area contributed by atoms with Crippen LogP contribution in [-0.2, 0) is 9.47 Å². The van der Waals surface area contributed by atoms with Gasteiger partial charge in [0.1, 0.15) is 0 Å². The summed E-state index contributed by atoms with van der Waals surface area (Å²) in [4.78, 5) is 1.66. The predicted octanol–water partition coefficient (Wildman–Crippen LogP) is 0.428. The second-order valence-corrected chi connectivity index (χ2v) is 3.27. The van der Waals surface area contributed by atoms with Crippen molar-refractivity contribution in [2.45, 2.75) is 12.4 Å². The molecule has 0 bridgehead atoms. The van der Waals surface area contributed by atoms with Gasteiger partial charge in [-0.05, 0) is 7.05 Å². The molecule has 0 rings (SSSR count). The van der Waals surface area contributed by atoms with Gasteiger partial charge in [-0.2, -0.15) is 0 Å². The van der Waals surface area contributed by atoms with Gasteiger partial charge in [0, 0.05) is 26.2 Å². The van der Waals surface area contributed by atoms with E-state index in [1.807, 2.05) is 0 Å². The van der Waals surface area contributed by atoms with Crippen LogP contribution in [0.25, 0.3) is 0 Å². The van der Waals surface area contributed by atoms with Gasteiger partial charge in [-0.1, -0.05) is 0 Å². The fourth-order valence-corrected chi connectivity index (χ4v) is 1.08. The summed E-state index contributed by atoms with van der Waals surface area (Å²) in [6.45, 7) is 0.635. The Labute approximate surface area is 87.1 Å². The van der Waals surface area contributed by atoms with Crippen LogP contribution in [0.15, 0.2) is 0 Å². The number of halogens is 3. The molecular formula is C8H17F3N2O2. The van der Waals surface area contributed by atoms with Gasteiger partial charge in [-0.15, -0.1) is 13.2 Å². The lowest BCUT2D eigenvalue weighted by Gasteiger charge is -2.20. The van der Waals surface area contributed by atoms with E-state index in [1.54, 1.807) is 11.9 Å². The van der Waals surface area contributed by atoms with E-state index in [-0.39, 0.29) is 19.2 Å². The van der Waals surface area contributed by atoms with Gasteiger partial charge in [0.2, 0.25) is 0 Å². The lowest BCUT2D eigenvalue weighted by atomic mass is 10.3. The number of ether oxygens (including phenoxy) is 2. The minimum atomic E-state index is -4.56. The number of nitrogens with zero attached hydrogens (tertiary/aromatic N) is 1. The predicted molar refractivity (Wildman–Crippen MR) is 49.4 cm³/mol. The Kier molecular flexibility index (Phi) is 6.82. The number of hydrogen-bond acceptors (Lipinski definition) is 4. The van der Waals surface area contributed by atoms with Crippen molar-refractivity contribution >= 4 is 0 Å². The Morgan fingerprint density at radius 3 is 2.47 bits per heavy atom. The Hall–Kier alpha value is -0.370. The van der Waals surface area contributed by atoms with Gasteiger partial charge in [0.05, 0.1) is 13.2 Å². The first-order valence-corrected chi connectivity index (χ1v) is 4.49. The third-order valence-corrected chi connectivity index (χ3v) is 1.67. The minimum Gasteiger partial charge on any atom is -0.383 e. The summed E-state index contributed by atoms with van der Waals surface area (Å²) in [5.74, 6) is 0. The van der Waals surface area contributed by atoms with Crippen LogP contribution in [0.2, 0.25) is 0 Å². The molecule has 0 fully saturated rings. The van der Waals surface area contributed by atoms with Gasteiger partial charge in [0.15, 0.2) is 0 Å². The van der Waals surface area contributed by atoms with Crippen molar-refractivity contribution in [2.75, 3.05) is 40.5 Å². The highest BCUT2D eigenvalue weighted by Gasteiger charge is 2.28. The molecular weight excluding hydrogens is 213 g/mol. The summed E-state index contributed by atoms with van der Waals surface area (Å²) in [6, 6.07) is -0.203. The highest BCUT2D eigenvalue weighted by atomic mass is 19.4. The van der Waals surface area contributed by atoms with Gasteiger partial charge < -0.3 is 15.4 Å². The highest BCUT2D eigenvalue weighted by Crippen LogP contribution is 2.15. The van der Waals surface area contributed by atoms with Crippen LogP contribution in [0, 0.1) is 0 Å². The van der Waals surface area contributed by atoms with Gasteiger partial charge in [-0.3, -0.25) is 4.74 Å². The molecule has 7 heteroatoms. The fourth-order valence-electron chi connectivity index (χ4n) is 1.08. The van der Waals surface area contributed by atoms with Crippen molar-refractivity contribution < 1.29 is 22.6 Å². The third-order valence-electron chi connectivity index (χ3n) is 1.67. The zero-order valence-corrected chi connectivity index (χ0v) is 8.88. The van der Waals surface area contributed by atoms with E-state index < -0.39 is 6.36 Å². The Balaban J connectivity index is 3.53. The standard InChI is InChI=1S/C8H17F3N2O2/c1-13(5-7(12)6-14-2)3-4-15-8(9,10)11/h7H,3-6,12H2,1-2H3. The van der Waals surface area contributed by atoms with Crippen LogP contribution in [0.4, 0.5) is 13.2 Å². The molecule has 0 heterocycles. The highest BCUT2D eigenvalue weighted by molar-refractivity contribution is 4.64. The fraction of sp³-hybridized carbons (Fsp3) is 1.00. The normalized spacial score (nSPS) is 14.6.